The first-order chi connectivity index (χ1) is 3.72. The molecule has 8 heavy (non-hydrogen) atoms. The van der Waals surface area contributed by atoms with E-state index >= 15 is 0 Å². The van der Waals surface area contributed by atoms with Crippen molar-refractivity contribution in [2.24, 2.45) is 5.92 Å². The van der Waals surface area contributed by atoms with E-state index in [9.17, 15) is 9.59 Å². The maximum Gasteiger partial charge on any atom is 0.315 e. The van der Waals surface area contributed by atoms with Crippen LogP contribution in [-0.2, 0) is 14.3 Å². The molecule has 0 spiro atoms. The van der Waals surface area contributed by atoms with Gasteiger partial charge in [0.2, 0.25) is 0 Å². The monoisotopic (exact) mass is 116 g/mol. The van der Waals surface area contributed by atoms with Gasteiger partial charge in [-0.2, -0.15) is 0 Å². The molecule has 46 valence electrons. The van der Waals surface area contributed by atoms with Gasteiger partial charge in [-0.1, -0.05) is 0 Å². The summed E-state index contributed by atoms with van der Waals surface area (Å²) in [6.07, 6.45) is 0.547. The van der Waals surface area contributed by atoms with Crippen molar-refractivity contribution in [1.82, 2.24) is 0 Å². The van der Waals surface area contributed by atoms with Gasteiger partial charge >= 0.3 is 5.97 Å². The first-order valence-corrected chi connectivity index (χ1v) is 2.25. The standard InChI is InChI=1S/C5H8O3/c1-4(3-6)5(7)8-2/h3-4H,1-2H3. The summed E-state index contributed by atoms with van der Waals surface area (Å²) < 4.78 is 4.23. The van der Waals surface area contributed by atoms with Gasteiger partial charge < -0.3 is 9.53 Å². The van der Waals surface area contributed by atoms with Gasteiger partial charge in [0.1, 0.15) is 12.2 Å². The molecule has 0 aliphatic rings. The van der Waals surface area contributed by atoms with E-state index in [1.54, 1.807) is 0 Å². The molecule has 0 aliphatic heterocycles. The van der Waals surface area contributed by atoms with Crippen LogP contribution in [0.15, 0.2) is 0 Å². The lowest BCUT2D eigenvalue weighted by molar-refractivity contribution is -0.146. The summed E-state index contributed by atoms with van der Waals surface area (Å²) >= 11 is 0. The number of methoxy groups -OCH3 is 1. The predicted molar refractivity (Wildman–Crippen MR) is 27.2 cm³/mol. The molecule has 3 nitrogen and oxygen atoms in total. The molecule has 1 unspecified atom stereocenters. The number of carbonyl (C=O) groups excluding carboxylic acids is 2. The molecule has 0 amide bonds. The lowest BCUT2D eigenvalue weighted by Gasteiger charge is -1.97. The van der Waals surface area contributed by atoms with E-state index in [1.807, 2.05) is 0 Å². The van der Waals surface area contributed by atoms with Crippen LogP contribution >= 0.6 is 0 Å². The molecule has 0 aromatic heterocycles. The zero-order chi connectivity index (χ0) is 6.57. The van der Waals surface area contributed by atoms with Crippen molar-refractivity contribution < 1.29 is 14.3 Å². The lowest BCUT2D eigenvalue weighted by Crippen LogP contribution is -2.13. The number of carbonyl (C=O) groups is 2. The van der Waals surface area contributed by atoms with E-state index in [4.69, 9.17) is 0 Å². The molecule has 0 aromatic carbocycles. The first-order valence-electron chi connectivity index (χ1n) is 2.25. The second-order valence-corrected chi connectivity index (χ2v) is 1.45. The van der Waals surface area contributed by atoms with Crippen LogP contribution in [0, 0.1) is 5.92 Å². The van der Waals surface area contributed by atoms with Crippen LogP contribution in [0.25, 0.3) is 0 Å². The van der Waals surface area contributed by atoms with E-state index in [1.165, 1.54) is 14.0 Å². The number of aldehydes is 1. The van der Waals surface area contributed by atoms with Crippen LogP contribution in [0.2, 0.25) is 0 Å². The van der Waals surface area contributed by atoms with Crippen LogP contribution in [0.5, 0.6) is 0 Å². The highest BCUT2D eigenvalue weighted by Gasteiger charge is 2.09. The molecule has 0 aromatic rings. The van der Waals surface area contributed by atoms with Gasteiger partial charge in [-0.3, -0.25) is 4.79 Å². The molecule has 0 aliphatic carbocycles. The summed E-state index contributed by atoms with van der Waals surface area (Å²) in [6, 6.07) is 0. The number of esters is 1. The highest BCUT2D eigenvalue weighted by molar-refractivity contribution is 5.86. The average Bonchev–Trinajstić information content (AvgIpc) is 1.84. The summed E-state index contributed by atoms with van der Waals surface area (Å²) in [5.41, 5.74) is 0. The molecule has 1 atom stereocenters. The van der Waals surface area contributed by atoms with Crippen molar-refractivity contribution in [1.29, 1.82) is 0 Å². The summed E-state index contributed by atoms with van der Waals surface area (Å²) in [7, 11) is 1.25. The van der Waals surface area contributed by atoms with E-state index in [0.717, 1.165) is 0 Å². The van der Waals surface area contributed by atoms with Gasteiger partial charge in [0.25, 0.3) is 0 Å². The molecule has 0 fully saturated rings. The smallest absolute Gasteiger partial charge is 0.315 e. The molecule has 0 saturated carbocycles. The molecule has 0 radical (unpaired) electrons. The summed E-state index contributed by atoms with van der Waals surface area (Å²) in [5.74, 6) is -1.11. The molecule has 3 heteroatoms. The molecule has 0 heterocycles. The normalized spacial score (nSPS) is 12.2. The minimum atomic E-state index is -0.625. The van der Waals surface area contributed by atoms with Gasteiger partial charge in [-0.05, 0) is 6.92 Å². The van der Waals surface area contributed by atoms with Crippen molar-refractivity contribution in [3.05, 3.63) is 0 Å². The number of ether oxygens (including phenoxy) is 1. The maximum absolute atomic E-state index is 10.3. The fourth-order valence-electron chi connectivity index (χ4n) is 0.241. The SMILES string of the molecule is COC(=O)C(C)C=O. The van der Waals surface area contributed by atoms with Gasteiger partial charge in [0.15, 0.2) is 0 Å². The first kappa shape index (κ1) is 7.14. The quantitative estimate of drug-likeness (QED) is 0.289. The summed E-state index contributed by atoms with van der Waals surface area (Å²) in [5, 5.41) is 0. The second-order valence-electron chi connectivity index (χ2n) is 1.45. The Balaban J connectivity index is 3.62. The van der Waals surface area contributed by atoms with E-state index < -0.39 is 11.9 Å². The molecular weight excluding hydrogens is 108 g/mol. The van der Waals surface area contributed by atoms with Gasteiger partial charge in [0.05, 0.1) is 7.11 Å². The average molecular weight is 116 g/mol. The minimum Gasteiger partial charge on any atom is -0.468 e. The highest BCUT2D eigenvalue weighted by Crippen LogP contribution is 1.89. The van der Waals surface area contributed by atoms with Crippen LogP contribution in [0.1, 0.15) is 6.92 Å². The fourth-order valence-corrected chi connectivity index (χ4v) is 0.241. The van der Waals surface area contributed by atoms with E-state index in [2.05, 4.69) is 4.74 Å². The molecule has 0 N–H and O–H groups in total. The van der Waals surface area contributed by atoms with Crippen LogP contribution in [0.4, 0.5) is 0 Å². The topological polar surface area (TPSA) is 43.4 Å². The van der Waals surface area contributed by atoms with E-state index in [-0.39, 0.29) is 0 Å². The van der Waals surface area contributed by atoms with Crippen LogP contribution in [-0.4, -0.2) is 19.4 Å². The highest BCUT2D eigenvalue weighted by atomic mass is 16.5. The Morgan fingerprint density at radius 1 is 1.75 bits per heavy atom. The molecule has 0 rings (SSSR count). The summed E-state index contributed by atoms with van der Waals surface area (Å²) in [4.78, 5) is 20.1. The van der Waals surface area contributed by atoms with Gasteiger partial charge in [-0.15, -0.1) is 0 Å². The van der Waals surface area contributed by atoms with Crippen LogP contribution < -0.4 is 0 Å². The Labute approximate surface area is 47.6 Å². The van der Waals surface area contributed by atoms with E-state index in [0.29, 0.717) is 6.29 Å². The lowest BCUT2D eigenvalue weighted by atomic mass is 10.2. The third-order valence-electron chi connectivity index (χ3n) is 0.777. The van der Waals surface area contributed by atoms with Crippen molar-refractivity contribution in [2.45, 2.75) is 6.92 Å². The second kappa shape index (κ2) is 3.18. The maximum atomic E-state index is 10.3. The zero-order valence-corrected chi connectivity index (χ0v) is 4.88. The summed E-state index contributed by atoms with van der Waals surface area (Å²) in [6.45, 7) is 1.48. The predicted octanol–water partition coefficient (Wildman–Crippen LogP) is -0.00560. The van der Waals surface area contributed by atoms with Crippen molar-refractivity contribution >= 4 is 12.3 Å². The van der Waals surface area contributed by atoms with Crippen molar-refractivity contribution in [3.8, 4) is 0 Å². The van der Waals surface area contributed by atoms with Gasteiger partial charge in [0, 0.05) is 0 Å². The minimum absolute atomic E-state index is 0.486. The third-order valence-corrected chi connectivity index (χ3v) is 0.777. The Morgan fingerprint density at radius 3 is 2.38 bits per heavy atom. The molecule has 0 bridgehead atoms. The Hall–Kier alpha value is -0.860. The number of rotatable bonds is 2. The van der Waals surface area contributed by atoms with Crippen molar-refractivity contribution in [3.63, 3.8) is 0 Å². The Bertz CT molecular complexity index is 97.8. The fraction of sp³-hybridized carbons (Fsp3) is 0.600. The largest absolute Gasteiger partial charge is 0.468 e. The molecule has 0 saturated heterocycles. The van der Waals surface area contributed by atoms with Crippen LogP contribution in [0.3, 0.4) is 0 Å². The molecular formula is C5H8O3. The van der Waals surface area contributed by atoms with Crippen molar-refractivity contribution in [2.75, 3.05) is 7.11 Å². The number of hydrogen-bond donors (Lipinski definition) is 0. The Morgan fingerprint density at radius 2 is 2.25 bits per heavy atom. The Kier molecular flexibility index (Phi) is 2.84. The zero-order valence-electron chi connectivity index (χ0n) is 4.88. The number of hydrogen-bond acceptors (Lipinski definition) is 3. The van der Waals surface area contributed by atoms with Gasteiger partial charge in [-0.25, -0.2) is 0 Å². The third kappa shape index (κ3) is 1.73.